The van der Waals surface area contributed by atoms with Crippen LogP contribution in [0.5, 0.6) is 11.5 Å². The summed E-state index contributed by atoms with van der Waals surface area (Å²) in [7, 11) is 2.77. The van der Waals surface area contributed by atoms with Gasteiger partial charge in [-0.15, -0.1) is 11.5 Å². The van der Waals surface area contributed by atoms with Crippen molar-refractivity contribution in [3.63, 3.8) is 0 Å². The summed E-state index contributed by atoms with van der Waals surface area (Å²) in [5, 5.41) is 10.6. The fourth-order valence-electron chi connectivity index (χ4n) is 1.79. The van der Waals surface area contributed by atoms with Crippen molar-refractivity contribution in [3.8, 4) is 23.8 Å². The molecule has 1 amide bonds. The van der Waals surface area contributed by atoms with E-state index >= 15 is 0 Å². The van der Waals surface area contributed by atoms with Gasteiger partial charge in [0.05, 0.1) is 25.3 Å². The lowest BCUT2D eigenvalue weighted by molar-refractivity contribution is -0.135. The van der Waals surface area contributed by atoms with Gasteiger partial charge >= 0.3 is 5.97 Å². The number of rotatable bonds is 6. The summed E-state index contributed by atoms with van der Waals surface area (Å²) in [6.45, 7) is 0.106. The molecule has 0 atom stereocenters. The summed E-state index contributed by atoms with van der Waals surface area (Å²) < 4.78 is 15.1. The summed E-state index contributed by atoms with van der Waals surface area (Å²) in [6, 6.07) is 5.14. The molecule has 0 unspecified atom stereocenters. The number of carbonyl (C=O) groups is 2. The highest BCUT2D eigenvalue weighted by Gasteiger charge is 2.25. The largest absolute Gasteiger partial charge is 0.497 e. The molecule has 0 bridgehead atoms. The number of nitrogens with one attached hydrogen (secondary N) is 1. The molecule has 8 nitrogen and oxygen atoms in total. The van der Waals surface area contributed by atoms with Crippen molar-refractivity contribution < 1.29 is 23.8 Å². The van der Waals surface area contributed by atoms with Crippen LogP contribution in [0.2, 0.25) is 0 Å². The van der Waals surface area contributed by atoms with Gasteiger partial charge in [0.2, 0.25) is 0 Å². The maximum Gasteiger partial charge on any atom is 0.331 e. The molecule has 1 fully saturated rings. The number of hydrogen-bond acceptors (Lipinski definition) is 8. The van der Waals surface area contributed by atoms with Crippen molar-refractivity contribution in [1.29, 1.82) is 0 Å². The molecular formula is C17H15N3O5S. The third kappa shape index (κ3) is 5.12. The minimum absolute atomic E-state index is 0.106. The maximum absolute atomic E-state index is 11.7. The van der Waals surface area contributed by atoms with Gasteiger partial charge in [0.25, 0.3) is 5.91 Å². The van der Waals surface area contributed by atoms with Gasteiger partial charge in [-0.2, -0.15) is 5.10 Å². The third-order valence-electron chi connectivity index (χ3n) is 2.97. The fourth-order valence-corrected chi connectivity index (χ4v) is 2.53. The van der Waals surface area contributed by atoms with E-state index in [1.54, 1.807) is 25.3 Å². The van der Waals surface area contributed by atoms with Crippen LogP contribution in [-0.4, -0.2) is 44.1 Å². The third-order valence-corrected chi connectivity index (χ3v) is 3.87. The first-order chi connectivity index (χ1) is 12.6. The van der Waals surface area contributed by atoms with E-state index in [2.05, 4.69) is 26.2 Å². The maximum atomic E-state index is 11.7. The average Bonchev–Trinajstić information content (AvgIpc) is 2.99. The Morgan fingerprint density at radius 3 is 2.92 bits per heavy atom. The van der Waals surface area contributed by atoms with Gasteiger partial charge in [-0.1, -0.05) is 5.92 Å². The second kappa shape index (κ2) is 9.29. The lowest BCUT2D eigenvalue weighted by Gasteiger charge is -2.07. The van der Waals surface area contributed by atoms with Crippen LogP contribution < -0.4 is 14.8 Å². The predicted octanol–water partition coefficient (Wildman–Crippen LogP) is 1.32. The number of ether oxygens (including phenoxy) is 3. The van der Waals surface area contributed by atoms with E-state index in [0.29, 0.717) is 17.1 Å². The summed E-state index contributed by atoms with van der Waals surface area (Å²) in [5.74, 6) is 2.43. The molecule has 0 aromatic heterocycles. The number of benzene rings is 1. The van der Waals surface area contributed by atoms with Crippen LogP contribution >= 0.6 is 11.8 Å². The number of esters is 1. The first kappa shape index (κ1) is 19.1. The second-order valence-corrected chi connectivity index (χ2v) is 5.66. The standard InChI is InChI=1S/C17H15N3O5S/c1-4-7-25-13-6-5-12(23-2)8-11(13)10-18-20-17-19-16(22)14(26-17)9-15(21)24-3/h1,5-6,8-10H,7H2,2-3H3,(H,19,20,22)/b14-9+,18-10?. The smallest absolute Gasteiger partial charge is 0.331 e. The number of amides is 1. The topological polar surface area (TPSA) is 98.6 Å². The Hall–Kier alpha value is -3.25. The van der Waals surface area contributed by atoms with Crippen molar-refractivity contribution in [2.45, 2.75) is 0 Å². The van der Waals surface area contributed by atoms with Crippen LogP contribution in [0.25, 0.3) is 0 Å². The van der Waals surface area contributed by atoms with E-state index in [4.69, 9.17) is 15.9 Å². The lowest BCUT2D eigenvalue weighted by atomic mass is 10.2. The molecule has 0 aliphatic carbocycles. The van der Waals surface area contributed by atoms with E-state index in [1.165, 1.54) is 13.3 Å². The molecule has 1 heterocycles. The molecule has 0 saturated carbocycles. The van der Waals surface area contributed by atoms with Crippen LogP contribution in [0, 0.1) is 12.3 Å². The Morgan fingerprint density at radius 2 is 2.23 bits per heavy atom. The number of carbonyl (C=O) groups excluding carboxylic acids is 2. The number of thioether (sulfide) groups is 1. The van der Waals surface area contributed by atoms with E-state index in [-0.39, 0.29) is 16.7 Å². The Kier molecular flexibility index (Phi) is 6.82. The normalized spacial score (nSPS) is 16.6. The van der Waals surface area contributed by atoms with Gasteiger partial charge in [0.15, 0.2) is 5.17 Å². The highest BCUT2D eigenvalue weighted by molar-refractivity contribution is 8.18. The highest BCUT2D eigenvalue weighted by atomic mass is 32.2. The van der Waals surface area contributed by atoms with Gasteiger partial charge in [0.1, 0.15) is 18.1 Å². The zero-order valence-electron chi connectivity index (χ0n) is 14.0. The van der Waals surface area contributed by atoms with Gasteiger partial charge < -0.3 is 14.2 Å². The molecule has 9 heteroatoms. The second-order valence-electron chi connectivity index (χ2n) is 4.63. The highest BCUT2D eigenvalue weighted by Crippen LogP contribution is 2.24. The van der Waals surface area contributed by atoms with E-state index < -0.39 is 11.9 Å². The van der Waals surface area contributed by atoms with E-state index in [1.807, 2.05) is 0 Å². The van der Waals surface area contributed by atoms with Crippen molar-refractivity contribution in [3.05, 3.63) is 34.7 Å². The molecule has 1 saturated heterocycles. The zero-order valence-corrected chi connectivity index (χ0v) is 14.8. The van der Waals surface area contributed by atoms with Gasteiger partial charge in [0, 0.05) is 11.6 Å². The van der Waals surface area contributed by atoms with Crippen molar-refractivity contribution >= 4 is 35.0 Å². The van der Waals surface area contributed by atoms with Crippen LogP contribution in [0.4, 0.5) is 0 Å². The molecule has 26 heavy (non-hydrogen) atoms. The Bertz CT molecular complexity index is 839. The van der Waals surface area contributed by atoms with E-state index in [9.17, 15) is 9.59 Å². The van der Waals surface area contributed by atoms with Crippen molar-refractivity contribution in [1.82, 2.24) is 5.32 Å². The number of nitrogens with zero attached hydrogens (tertiary/aromatic N) is 2. The zero-order chi connectivity index (χ0) is 18.9. The summed E-state index contributed by atoms with van der Waals surface area (Å²) in [4.78, 5) is 23.1. The number of amidine groups is 1. The average molecular weight is 373 g/mol. The van der Waals surface area contributed by atoms with Crippen molar-refractivity contribution in [2.24, 2.45) is 10.2 Å². The monoisotopic (exact) mass is 373 g/mol. The summed E-state index contributed by atoms with van der Waals surface area (Å²) in [5.41, 5.74) is 0.601. The Morgan fingerprint density at radius 1 is 1.42 bits per heavy atom. The quantitative estimate of drug-likeness (QED) is 0.265. The Labute approximate surface area is 154 Å². The van der Waals surface area contributed by atoms with Crippen LogP contribution in [0.3, 0.4) is 0 Å². The number of terminal acetylenes is 1. The minimum atomic E-state index is -0.626. The molecule has 1 N–H and O–H groups in total. The van der Waals surface area contributed by atoms with E-state index in [0.717, 1.165) is 17.8 Å². The number of methoxy groups -OCH3 is 2. The Balaban J connectivity index is 2.16. The van der Waals surface area contributed by atoms with Crippen molar-refractivity contribution in [2.75, 3.05) is 20.8 Å². The molecule has 0 radical (unpaired) electrons. The first-order valence-electron chi connectivity index (χ1n) is 7.21. The number of hydrogen-bond donors (Lipinski definition) is 1. The molecular weight excluding hydrogens is 358 g/mol. The summed E-state index contributed by atoms with van der Waals surface area (Å²) in [6.07, 6.45) is 7.72. The van der Waals surface area contributed by atoms with Gasteiger partial charge in [-0.05, 0) is 30.0 Å². The molecule has 134 valence electrons. The molecule has 1 aliphatic rings. The van der Waals surface area contributed by atoms with Crippen LogP contribution in [0.15, 0.2) is 39.4 Å². The minimum Gasteiger partial charge on any atom is -0.497 e. The van der Waals surface area contributed by atoms with Gasteiger partial charge in [-0.3, -0.25) is 10.1 Å². The predicted molar refractivity (Wildman–Crippen MR) is 98.2 cm³/mol. The molecule has 1 aromatic rings. The van der Waals surface area contributed by atoms with Crippen LogP contribution in [-0.2, 0) is 14.3 Å². The van der Waals surface area contributed by atoms with Gasteiger partial charge in [-0.25, -0.2) is 4.79 Å². The molecule has 1 aliphatic heterocycles. The first-order valence-corrected chi connectivity index (χ1v) is 8.03. The molecule has 1 aromatic carbocycles. The summed E-state index contributed by atoms with van der Waals surface area (Å²) >= 11 is 0.977. The lowest BCUT2D eigenvalue weighted by Crippen LogP contribution is -2.19. The SMILES string of the molecule is C#CCOc1ccc(OC)cc1C=N/N=C1/NC(=O)/C(=C\C(=O)OC)S1. The molecule has 2 rings (SSSR count). The van der Waals surface area contributed by atoms with Crippen LogP contribution in [0.1, 0.15) is 5.56 Å². The fraction of sp³-hybridized carbons (Fsp3) is 0.176. The molecule has 0 spiro atoms.